The van der Waals surface area contributed by atoms with Crippen molar-refractivity contribution in [2.45, 2.75) is 71.8 Å². The number of benzene rings is 3. The molecule has 2 amide bonds. The number of nitrogens with zero attached hydrogens (tertiary/aromatic N) is 2. The second kappa shape index (κ2) is 17.8. The third kappa shape index (κ3) is 10.4. The van der Waals surface area contributed by atoms with E-state index in [1.165, 1.54) is 13.0 Å². The summed E-state index contributed by atoms with van der Waals surface area (Å²) in [6.45, 7) is 6.08. The minimum Gasteiger partial charge on any atom is -0.489 e. The van der Waals surface area contributed by atoms with Gasteiger partial charge in [-0.1, -0.05) is 23.2 Å². The molecule has 13 nitrogen and oxygen atoms in total. The molecule has 294 valence electrons. The fourth-order valence-electron chi connectivity index (χ4n) is 5.17. The number of anilines is 1. The van der Waals surface area contributed by atoms with Gasteiger partial charge >= 0.3 is 30.1 Å². The van der Waals surface area contributed by atoms with Crippen LogP contribution in [0, 0.1) is 15.9 Å². The molecule has 0 aromatic heterocycles. The first-order valence-corrected chi connectivity index (χ1v) is 17.2. The van der Waals surface area contributed by atoms with Crippen LogP contribution < -0.4 is 14.4 Å². The van der Waals surface area contributed by atoms with E-state index in [0.29, 0.717) is 16.5 Å². The maximum absolute atomic E-state index is 14.3. The molecule has 2 aliphatic rings. The molecule has 1 aliphatic carbocycles. The summed E-state index contributed by atoms with van der Waals surface area (Å²) in [4.78, 5) is 59.4. The van der Waals surface area contributed by atoms with E-state index in [0.717, 1.165) is 62.1 Å². The molecular formula is C36H32Cl2F4N2O11. The van der Waals surface area contributed by atoms with Gasteiger partial charge in [-0.2, -0.15) is 13.2 Å². The second-order valence-electron chi connectivity index (χ2n) is 12.1. The zero-order chi connectivity index (χ0) is 40.8. The molecule has 1 atom stereocenters. The number of imide groups is 1. The lowest BCUT2D eigenvalue weighted by atomic mass is 10.1. The molecule has 19 heteroatoms. The Morgan fingerprint density at radius 2 is 1.67 bits per heavy atom. The average Bonchev–Trinajstić information content (AvgIpc) is 3.73. The van der Waals surface area contributed by atoms with Crippen molar-refractivity contribution in [1.29, 1.82) is 0 Å². The van der Waals surface area contributed by atoms with Gasteiger partial charge in [-0.25, -0.2) is 23.7 Å². The van der Waals surface area contributed by atoms with Gasteiger partial charge in [0, 0.05) is 18.2 Å². The molecule has 1 heterocycles. The predicted octanol–water partition coefficient (Wildman–Crippen LogP) is 9.75. The van der Waals surface area contributed by atoms with Gasteiger partial charge in [-0.15, -0.1) is 0 Å². The minimum atomic E-state index is -4.61. The number of ether oxygens (including phenoxy) is 5. The number of carbonyl (C=O) groups is 4. The summed E-state index contributed by atoms with van der Waals surface area (Å²) in [5.74, 6) is -3.68. The highest BCUT2D eigenvalue weighted by molar-refractivity contribution is 6.32. The van der Waals surface area contributed by atoms with Crippen molar-refractivity contribution in [1.82, 2.24) is 0 Å². The molecule has 0 spiro atoms. The molecule has 1 saturated carbocycles. The molecule has 55 heavy (non-hydrogen) atoms. The predicted molar refractivity (Wildman–Crippen MR) is 188 cm³/mol. The maximum atomic E-state index is 14.3. The number of nitro benzene ring substituents is 1. The van der Waals surface area contributed by atoms with E-state index >= 15 is 0 Å². The molecule has 0 bridgehead atoms. The van der Waals surface area contributed by atoms with Crippen molar-refractivity contribution >= 4 is 58.5 Å². The summed E-state index contributed by atoms with van der Waals surface area (Å²) < 4.78 is 78.3. The van der Waals surface area contributed by atoms with Crippen LogP contribution in [0.5, 0.6) is 17.2 Å². The Bertz CT molecular complexity index is 2030. The van der Waals surface area contributed by atoms with Crippen LogP contribution in [-0.2, 0) is 30.0 Å². The number of nitro groups is 1. The standard InChI is InChI=1S/C19H15ClF3NO7.C17H17ClFNO4/c1-3-29-17(25)10(2)30-18(26)13-9-12(5-6-15(13)24(27)28)31-16-7-4-11(8-14(16)20)19(21,22)23;1-9(2)15-16(21)20(17(22)24-15)13-8-14(11(18)7-12(13)19)23-10-5-3-4-6-10/h4-10H,3H2,1-2H3;7-8,10H,3-6H2,1-2H3. The molecule has 3 aromatic carbocycles. The summed E-state index contributed by atoms with van der Waals surface area (Å²) in [6, 6.07) is 7.70. The molecule has 2 fully saturated rings. The largest absolute Gasteiger partial charge is 0.489 e. The Hall–Kier alpha value is -5.42. The normalized spacial score (nSPS) is 14.8. The summed E-state index contributed by atoms with van der Waals surface area (Å²) in [5.41, 5.74) is -1.86. The topological polar surface area (TPSA) is 161 Å². The fourth-order valence-corrected chi connectivity index (χ4v) is 5.58. The molecule has 0 radical (unpaired) electrons. The zero-order valence-electron chi connectivity index (χ0n) is 29.5. The lowest BCUT2D eigenvalue weighted by Crippen LogP contribution is -2.29. The van der Waals surface area contributed by atoms with Crippen LogP contribution >= 0.6 is 23.2 Å². The van der Waals surface area contributed by atoms with Gasteiger partial charge in [0.1, 0.15) is 28.6 Å². The summed E-state index contributed by atoms with van der Waals surface area (Å²) in [7, 11) is 0. The van der Waals surface area contributed by atoms with Crippen molar-refractivity contribution in [3.05, 3.63) is 97.0 Å². The van der Waals surface area contributed by atoms with Gasteiger partial charge in [0.05, 0.1) is 38.9 Å². The van der Waals surface area contributed by atoms with Gasteiger partial charge in [-0.05, 0) is 89.3 Å². The van der Waals surface area contributed by atoms with Gasteiger partial charge in [0.15, 0.2) is 11.9 Å². The fraction of sp³-hybridized carbons (Fsp3) is 0.333. The number of alkyl halides is 3. The smallest absolute Gasteiger partial charge is 0.427 e. The van der Waals surface area contributed by atoms with Crippen LogP contribution in [0.25, 0.3) is 0 Å². The first-order valence-electron chi connectivity index (χ1n) is 16.4. The van der Waals surface area contributed by atoms with Gasteiger partial charge in [0.25, 0.3) is 5.69 Å². The van der Waals surface area contributed by atoms with Crippen molar-refractivity contribution in [3.8, 4) is 17.2 Å². The lowest BCUT2D eigenvalue weighted by molar-refractivity contribution is -0.385. The number of esters is 2. The van der Waals surface area contributed by atoms with Crippen molar-refractivity contribution < 1.29 is 65.3 Å². The van der Waals surface area contributed by atoms with E-state index in [1.54, 1.807) is 20.8 Å². The van der Waals surface area contributed by atoms with Crippen LogP contribution in [-0.4, -0.2) is 47.7 Å². The first-order chi connectivity index (χ1) is 25.8. The van der Waals surface area contributed by atoms with E-state index in [2.05, 4.69) is 0 Å². The lowest BCUT2D eigenvalue weighted by Gasteiger charge is -2.18. The molecule has 1 aliphatic heterocycles. The SMILES string of the molecule is CC(C)=C1OC(=O)N(c2cc(OC3CCCC3)c(Cl)cc2F)C1=O.CCOC(=O)C(C)OC(=O)c1cc(Oc2ccc(C(F)(F)F)cc2Cl)ccc1[N+](=O)[O-]. The van der Waals surface area contributed by atoms with Crippen molar-refractivity contribution in [2.75, 3.05) is 11.5 Å². The number of hydrogen-bond acceptors (Lipinski definition) is 11. The van der Waals surface area contributed by atoms with Gasteiger partial charge in [0.2, 0.25) is 0 Å². The quantitative estimate of drug-likeness (QED) is 0.0479. The number of allylic oxidation sites excluding steroid dienone is 1. The average molecular weight is 816 g/mol. The first kappa shape index (κ1) is 42.3. The third-order valence-electron chi connectivity index (χ3n) is 7.84. The van der Waals surface area contributed by atoms with Crippen molar-refractivity contribution in [2.24, 2.45) is 0 Å². The number of amides is 2. The Balaban J connectivity index is 0.000000252. The highest BCUT2D eigenvalue weighted by Crippen LogP contribution is 2.39. The third-order valence-corrected chi connectivity index (χ3v) is 8.43. The summed E-state index contributed by atoms with van der Waals surface area (Å²) in [6.07, 6.45) is -2.94. The van der Waals surface area contributed by atoms with E-state index in [-0.39, 0.29) is 51.5 Å². The molecule has 5 rings (SSSR count). The monoisotopic (exact) mass is 814 g/mol. The Labute approximate surface area is 320 Å². The van der Waals surface area contributed by atoms with Crippen LogP contribution in [0.3, 0.4) is 0 Å². The van der Waals surface area contributed by atoms with Crippen LogP contribution in [0.2, 0.25) is 10.0 Å². The van der Waals surface area contributed by atoms with Crippen LogP contribution in [0.15, 0.2) is 59.9 Å². The number of hydrogen-bond donors (Lipinski definition) is 0. The summed E-state index contributed by atoms with van der Waals surface area (Å²) >= 11 is 11.9. The van der Waals surface area contributed by atoms with Crippen LogP contribution in [0.4, 0.5) is 33.7 Å². The number of rotatable bonds is 10. The van der Waals surface area contributed by atoms with Gasteiger partial charge < -0.3 is 23.7 Å². The van der Waals surface area contributed by atoms with E-state index in [9.17, 15) is 46.9 Å². The Morgan fingerprint density at radius 1 is 1.02 bits per heavy atom. The molecular weight excluding hydrogens is 783 g/mol. The highest BCUT2D eigenvalue weighted by atomic mass is 35.5. The number of cyclic esters (lactones) is 1. The molecule has 3 aromatic rings. The van der Waals surface area contributed by atoms with E-state index < -0.39 is 63.8 Å². The molecule has 1 unspecified atom stereocenters. The number of carbonyl (C=O) groups excluding carboxylic acids is 4. The Morgan fingerprint density at radius 3 is 2.24 bits per heavy atom. The number of halogens is 6. The summed E-state index contributed by atoms with van der Waals surface area (Å²) in [5, 5.41) is 11.0. The van der Waals surface area contributed by atoms with Crippen LogP contribution in [0.1, 0.15) is 69.3 Å². The highest BCUT2D eigenvalue weighted by Gasteiger charge is 2.40. The van der Waals surface area contributed by atoms with Gasteiger partial charge in [-0.3, -0.25) is 14.9 Å². The van der Waals surface area contributed by atoms with Crippen molar-refractivity contribution in [3.63, 3.8) is 0 Å². The van der Waals surface area contributed by atoms with E-state index in [1.807, 2.05) is 0 Å². The molecule has 0 N–H and O–H groups in total. The zero-order valence-corrected chi connectivity index (χ0v) is 31.0. The minimum absolute atomic E-state index is 0.00962. The maximum Gasteiger partial charge on any atom is 0.427 e. The second-order valence-corrected chi connectivity index (χ2v) is 12.9. The van der Waals surface area contributed by atoms with E-state index in [4.69, 9.17) is 46.9 Å². The Kier molecular flexibility index (Phi) is 13.7. The molecule has 1 saturated heterocycles.